The summed E-state index contributed by atoms with van der Waals surface area (Å²) in [7, 11) is 0. The largest absolute Gasteiger partial charge is 0.401 e. The van der Waals surface area contributed by atoms with Crippen LogP contribution < -0.4 is 0 Å². The van der Waals surface area contributed by atoms with Crippen molar-refractivity contribution in [2.24, 2.45) is 0 Å². The van der Waals surface area contributed by atoms with Crippen LogP contribution in [0.3, 0.4) is 0 Å². The molecular weight excluding hydrogens is 195 g/mol. The fraction of sp³-hybridized carbons (Fsp3) is 0.625. The van der Waals surface area contributed by atoms with E-state index in [0.29, 0.717) is 13.1 Å². The molecule has 6 heteroatoms. The molecule has 0 atom stereocenters. The maximum atomic E-state index is 11.9. The third-order valence-electron chi connectivity index (χ3n) is 2.19. The summed E-state index contributed by atoms with van der Waals surface area (Å²) in [5.41, 5.74) is 0. The van der Waals surface area contributed by atoms with Gasteiger partial charge in [0.1, 0.15) is 0 Å². The molecule has 2 rings (SSSR count). The van der Waals surface area contributed by atoms with E-state index in [1.54, 1.807) is 10.9 Å². The van der Waals surface area contributed by atoms with Gasteiger partial charge in [-0.05, 0) is 0 Å². The summed E-state index contributed by atoms with van der Waals surface area (Å²) in [4.78, 5) is 1.35. The highest BCUT2D eigenvalue weighted by Crippen LogP contribution is 2.25. The molecule has 0 spiro atoms. The summed E-state index contributed by atoms with van der Waals surface area (Å²) >= 11 is 0. The highest BCUT2D eigenvalue weighted by molar-refractivity contribution is 4.88. The van der Waals surface area contributed by atoms with Crippen LogP contribution in [0.25, 0.3) is 0 Å². The zero-order valence-corrected chi connectivity index (χ0v) is 7.33. The SMILES string of the molecule is FC(F)(F)CN1CC(n2c[c]cn2)C1. The van der Waals surface area contributed by atoms with Crippen molar-refractivity contribution in [3.05, 3.63) is 18.5 Å². The monoisotopic (exact) mass is 204 g/mol. The number of nitrogens with zero attached hydrogens (tertiary/aromatic N) is 3. The molecule has 3 nitrogen and oxygen atoms in total. The van der Waals surface area contributed by atoms with Gasteiger partial charge in [-0.25, -0.2) is 0 Å². The number of hydrogen-bond donors (Lipinski definition) is 0. The molecule has 0 aromatic carbocycles. The number of likely N-dealkylation sites (tertiary alicyclic amines) is 1. The predicted octanol–water partition coefficient (Wildman–Crippen LogP) is 1.10. The zero-order chi connectivity index (χ0) is 10.2. The Bertz CT molecular complexity index is 287. The summed E-state index contributed by atoms with van der Waals surface area (Å²) in [6.45, 7) is -0.00145. The first-order chi connectivity index (χ1) is 6.54. The number of hydrogen-bond acceptors (Lipinski definition) is 2. The first kappa shape index (κ1) is 9.51. The van der Waals surface area contributed by atoms with Crippen LogP contribution >= 0.6 is 0 Å². The number of alkyl halides is 3. The van der Waals surface area contributed by atoms with Gasteiger partial charge in [0.15, 0.2) is 0 Å². The van der Waals surface area contributed by atoms with Crippen molar-refractivity contribution in [2.75, 3.05) is 19.6 Å². The lowest BCUT2D eigenvalue weighted by molar-refractivity contribution is -0.157. The van der Waals surface area contributed by atoms with Crippen LogP contribution in [0.1, 0.15) is 6.04 Å². The minimum Gasteiger partial charge on any atom is -0.291 e. The average molecular weight is 204 g/mol. The van der Waals surface area contributed by atoms with E-state index in [0.717, 1.165) is 0 Å². The smallest absolute Gasteiger partial charge is 0.291 e. The maximum Gasteiger partial charge on any atom is 0.401 e. The molecule has 14 heavy (non-hydrogen) atoms. The lowest BCUT2D eigenvalue weighted by Crippen LogP contribution is -2.51. The Morgan fingerprint density at radius 1 is 1.43 bits per heavy atom. The third kappa shape index (κ3) is 2.06. The second kappa shape index (κ2) is 3.27. The molecule has 0 bridgehead atoms. The number of aromatic nitrogens is 2. The molecule has 1 fully saturated rings. The molecule has 1 aliphatic heterocycles. The van der Waals surface area contributed by atoms with Crippen molar-refractivity contribution in [1.29, 1.82) is 0 Å². The normalized spacial score (nSPS) is 19.6. The quantitative estimate of drug-likeness (QED) is 0.719. The van der Waals surface area contributed by atoms with Gasteiger partial charge < -0.3 is 0 Å². The molecule has 0 N–H and O–H groups in total. The fourth-order valence-corrected chi connectivity index (χ4v) is 1.54. The Kier molecular flexibility index (Phi) is 2.22. The first-order valence-corrected chi connectivity index (χ1v) is 4.24. The standard InChI is InChI=1S/C8H9F3N3/c9-8(10,11)6-13-4-7(5-13)14-3-1-2-12-14/h2-3,7H,4-6H2. The summed E-state index contributed by atoms with van der Waals surface area (Å²) in [6.07, 6.45) is -0.941. The van der Waals surface area contributed by atoms with Gasteiger partial charge in [-0.1, -0.05) is 0 Å². The van der Waals surface area contributed by atoms with E-state index in [1.165, 1.54) is 11.1 Å². The van der Waals surface area contributed by atoms with Crippen LogP contribution in [0, 0.1) is 6.07 Å². The molecule has 1 radical (unpaired) electrons. The van der Waals surface area contributed by atoms with Gasteiger partial charge in [-0.15, -0.1) is 0 Å². The Balaban J connectivity index is 1.80. The second-order valence-electron chi connectivity index (χ2n) is 3.38. The Hall–Kier alpha value is -1.04. The molecule has 0 aliphatic carbocycles. The van der Waals surface area contributed by atoms with Gasteiger partial charge in [-0.2, -0.15) is 18.3 Å². The lowest BCUT2D eigenvalue weighted by Gasteiger charge is -2.39. The molecule has 2 heterocycles. The van der Waals surface area contributed by atoms with Crippen molar-refractivity contribution in [1.82, 2.24) is 14.7 Å². The van der Waals surface area contributed by atoms with Crippen LogP contribution in [-0.2, 0) is 0 Å². The van der Waals surface area contributed by atoms with Crippen molar-refractivity contribution in [3.8, 4) is 0 Å². The minimum absolute atomic E-state index is 0.0728. The lowest BCUT2D eigenvalue weighted by atomic mass is 10.1. The fourth-order valence-electron chi connectivity index (χ4n) is 1.54. The predicted molar refractivity (Wildman–Crippen MR) is 42.6 cm³/mol. The molecule has 1 aromatic rings. The Labute approximate surface area is 79.1 Å². The van der Waals surface area contributed by atoms with Crippen LogP contribution in [0.4, 0.5) is 13.2 Å². The van der Waals surface area contributed by atoms with Gasteiger partial charge in [0, 0.05) is 25.4 Å². The van der Waals surface area contributed by atoms with Crippen molar-refractivity contribution in [3.63, 3.8) is 0 Å². The van der Waals surface area contributed by atoms with Crippen molar-refractivity contribution >= 4 is 0 Å². The molecule has 1 saturated heterocycles. The second-order valence-corrected chi connectivity index (χ2v) is 3.38. The van der Waals surface area contributed by atoms with Gasteiger partial charge in [0.25, 0.3) is 0 Å². The average Bonchev–Trinajstić information content (AvgIpc) is 2.45. The van der Waals surface area contributed by atoms with E-state index in [2.05, 4.69) is 11.2 Å². The van der Waals surface area contributed by atoms with E-state index in [9.17, 15) is 13.2 Å². The third-order valence-corrected chi connectivity index (χ3v) is 2.19. The van der Waals surface area contributed by atoms with Crippen LogP contribution in [-0.4, -0.2) is 40.5 Å². The van der Waals surface area contributed by atoms with E-state index in [-0.39, 0.29) is 6.04 Å². The van der Waals surface area contributed by atoms with Gasteiger partial charge in [0.05, 0.1) is 18.8 Å². The van der Waals surface area contributed by atoms with Crippen LogP contribution in [0.15, 0.2) is 12.4 Å². The van der Waals surface area contributed by atoms with E-state index in [4.69, 9.17) is 0 Å². The Morgan fingerprint density at radius 2 is 2.14 bits per heavy atom. The highest BCUT2D eigenvalue weighted by Gasteiger charge is 2.37. The highest BCUT2D eigenvalue weighted by atomic mass is 19.4. The van der Waals surface area contributed by atoms with E-state index < -0.39 is 12.7 Å². The van der Waals surface area contributed by atoms with Gasteiger partial charge >= 0.3 is 6.18 Å². The van der Waals surface area contributed by atoms with Gasteiger partial charge in [0.2, 0.25) is 0 Å². The van der Waals surface area contributed by atoms with Crippen LogP contribution in [0.5, 0.6) is 0 Å². The summed E-state index contributed by atoms with van der Waals surface area (Å²) in [6, 6.07) is 2.83. The molecule has 1 aromatic heterocycles. The zero-order valence-electron chi connectivity index (χ0n) is 7.33. The molecule has 0 amide bonds. The van der Waals surface area contributed by atoms with Gasteiger partial charge in [-0.3, -0.25) is 9.58 Å². The number of rotatable bonds is 2. The summed E-state index contributed by atoms with van der Waals surface area (Å²) < 4.78 is 37.4. The molecular formula is C8H9F3N3. The minimum atomic E-state index is -4.10. The first-order valence-electron chi connectivity index (χ1n) is 4.24. The summed E-state index contributed by atoms with van der Waals surface area (Å²) in [5.74, 6) is 0. The molecule has 0 unspecified atom stereocenters. The number of halogens is 3. The molecule has 77 valence electrons. The van der Waals surface area contributed by atoms with E-state index in [1.807, 2.05) is 0 Å². The van der Waals surface area contributed by atoms with E-state index >= 15 is 0 Å². The maximum absolute atomic E-state index is 11.9. The van der Waals surface area contributed by atoms with Crippen molar-refractivity contribution in [2.45, 2.75) is 12.2 Å². The van der Waals surface area contributed by atoms with Crippen molar-refractivity contribution < 1.29 is 13.2 Å². The molecule has 0 saturated carbocycles. The molecule has 1 aliphatic rings. The van der Waals surface area contributed by atoms with Crippen LogP contribution in [0.2, 0.25) is 0 Å². The summed E-state index contributed by atoms with van der Waals surface area (Å²) in [5, 5.41) is 3.92. The Morgan fingerprint density at radius 3 is 2.64 bits per heavy atom. The topological polar surface area (TPSA) is 21.1 Å².